The lowest BCUT2D eigenvalue weighted by Gasteiger charge is -2.18. The second-order valence-corrected chi connectivity index (χ2v) is 7.82. The van der Waals surface area contributed by atoms with Crippen LogP contribution in [0, 0.1) is 0 Å². The Morgan fingerprint density at radius 3 is 1.75 bits per heavy atom. The van der Waals surface area contributed by atoms with E-state index in [4.69, 9.17) is 15.3 Å². The molecule has 1 aromatic rings. The summed E-state index contributed by atoms with van der Waals surface area (Å²) >= 11 is 0. The summed E-state index contributed by atoms with van der Waals surface area (Å²) in [6.45, 7) is 0.460. The van der Waals surface area contributed by atoms with Crippen LogP contribution in [-0.4, -0.2) is 75.0 Å². The zero-order chi connectivity index (χ0) is 27.1. The molecule has 4 amide bonds. The summed E-state index contributed by atoms with van der Waals surface area (Å²) in [6.07, 6.45) is -0.197. The normalized spacial score (nSPS) is 12.0. The van der Waals surface area contributed by atoms with Gasteiger partial charge in [0.15, 0.2) is 0 Å². The van der Waals surface area contributed by atoms with E-state index < -0.39 is 54.4 Å². The number of aliphatic carboxylic acids is 4. The first-order valence-electron chi connectivity index (χ1n) is 11.0. The smallest absolute Gasteiger partial charge is 0.326 e. The minimum absolute atomic E-state index is 0.0155. The molecule has 0 bridgehead atoms. The van der Waals surface area contributed by atoms with Crippen molar-refractivity contribution in [1.82, 2.24) is 21.3 Å². The van der Waals surface area contributed by atoms with E-state index in [9.17, 15) is 33.9 Å². The molecule has 14 heteroatoms. The Morgan fingerprint density at radius 1 is 0.667 bits per heavy atom. The minimum atomic E-state index is -1.49. The number of carbonyl (C=O) groups is 6. The first-order chi connectivity index (χ1) is 17.0. The number of hydrogen-bond donors (Lipinski definition) is 8. The zero-order valence-corrected chi connectivity index (χ0v) is 19.4. The number of rotatable bonds is 16. The molecule has 0 aliphatic heterocycles. The minimum Gasteiger partial charge on any atom is -0.481 e. The van der Waals surface area contributed by atoms with Crippen LogP contribution in [0.2, 0.25) is 0 Å². The summed E-state index contributed by atoms with van der Waals surface area (Å²) in [5, 5.41) is 45.2. The fourth-order valence-electron chi connectivity index (χ4n) is 3.01. The highest BCUT2D eigenvalue weighted by Gasteiger charge is 2.24. The van der Waals surface area contributed by atoms with E-state index in [1.54, 1.807) is 24.3 Å². The fourth-order valence-corrected chi connectivity index (χ4v) is 3.01. The van der Waals surface area contributed by atoms with Gasteiger partial charge in [-0.2, -0.15) is 0 Å². The number of carboxylic acids is 4. The monoisotopic (exact) mass is 510 g/mol. The van der Waals surface area contributed by atoms with E-state index in [-0.39, 0.29) is 32.4 Å². The van der Waals surface area contributed by atoms with Crippen LogP contribution < -0.4 is 21.3 Å². The maximum absolute atomic E-state index is 12.0. The van der Waals surface area contributed by atoms with Crippen molar-refractivity contribution in [3.05, 3.63) is 35.4 Å². The van der Waals surface area contributed by atoms with Crippen molar-refractivity contribution in [2.75, 3.05) is 6.54 Å². The van der Waals surface area contributed by atoms with Crippen molar-refractivity contribution in [3.63, 3.8) is 0 Å². The lowest BCUT2D eigenvalue weighted by atomic mass is 10.1. The predicted molar refractivity (Wildman–Crippen MR) is 123 cm³/mol. The van der Waals surface area contributed by atoms with Gasteiger partial charge in [0.2, 0.25) is 0 Å². The van der Waals surface area contributed by atoms with Crippen LogP contribution in [0.25, 0.3) is 0 Å². The van der Waals surface area contributed by atoms with E-state index in [0.29, 0.717) is 18.4 Å². The number of carbonyl (C=O) groups excluding carboxylic acids is 2. The molecular formula is C22H30N4O10. The standard InChI is InChI=1S/C22H30N4O10/c27-17(28)9-8-16(20(33)34)26-22(36)25-15(19(31)32)3-1-2-10-23-21(35)24-12-14-6-4-13(5-7-14)11-18(29)30/h4-7,15-16H,1-3,8-12H2,(H,27,28)(H,29,30)(H,31,32)(H,33,34)(H2,23,24,35)(H2,25,26,36). The van der Waals surface area contributed by atoms with E-state index in [1.165, 1.54) is 0 Å². The molecule has 198 valence electrons. The van der Waals surface area contributed by atoms with E-state index in [0.717, 1.165) is 5.56 Å². The molecule has 2 unspecified atom stereocenters. The third-order valence-corrected chi connectivity index (χ3v) is 4.89. The lowest BCUT2D eigenvalue weighted by molar-refractivity contribution is -0.141. The largest absolute Gasteiger partial charge is 0.481 e. The first kappa shape index (κ1) is 29.7. The number of amides is 4. The van der Waals surface area contributed by atoms with Gasteiger partial charge in [-0.05, 0) is 36.8 Å². The molecule has 2 atom stereocenters. The van der Waals surface area contributed by atoms with E-state index in [2.05, 4.69) is 16.0 Å². The van der Waals surface area contributed by atoms with Gasteiger partial charge in [0.25, 0.3) is 0 Å². The van der Waals surface area contributed by atoms with E-state index >= 15 is 0 Å². The Kier molecular flexibility index (Phi) is 12.8. The molecular weight excluding hydrogens is 480 g/mol. The summed E-state index contributed by atoms with van der Waals surface area (Å²) in [6, 6.07) is 2.45. The SMILES string of the molecule is O=C(O)CCC(NC(=O)NC(CCCCNC(=O)NCc1ccc(CC(=O)O)cc1)C(=O)O)C(=O)O. The molecule has 0 radical (unpaired) electrons. The molecule has 0 saturated heterocycles. The van der Waals surface area contributed by atoms with E-state index in [1.807, 2.05) is 5.32 Å². The maximum atomic E-state index is 12.0. The maximum Gasteiger partial charge on any atom is 0.326 e. The second-order valence-electron chi connectivity index (χ2n) is 7.82. The highest BCUT2D eigenvalue weighted by atomic mass is 16.4. The number of carboxylic acid groups (broad SMARTS) is 4. The third-order valence-electron chi connectivity index (χ3n) is 4.89. The van der Waals surface area contributed by atoms with Crippen molar-refractivity contribution in [3.8, 4) is 0 Å². The zero-order valence-electron chi connectivity index (χ0n) is 19.4. The van der Waals surface area contributed by atoms with Crippen molar-refractivity contribution in [2.45, 2.75) is 57.2 Å². The molecule has 0 aliphatic carbocycles. The number of unbranched alkanes of at least 4 members (excludes halogenated alkanes) is 1. The Labute approximate surface area is 206 Å². The average molecular weight is 511 g/mol. The van der Waals surface area contributed by atoms with Crippen LogP contribution in [0.4, 0.5) is 9.59 Å². The summed E-state index contributed by atoms with van der Waals surface area (Å²) in [4.78, 5) is 67.6. The molecule has 8 N–H and O–H groups in total. The van der Waals surface area contributed by atoms with Gasteiger partial charge in [-0.1, -0.05) is 24.3 Å². The Balaban J connectivity index is 2.33. The molecule has 1 rings (SSSR count). The highest BCUT2D eigenvalue weighted by molar-refractivity contribution is 5.86. The number of benzene rings is 1. The molecule has 0 aliphatic rings. The van der Waals surface area contributed by atoms with Crippen LogP contribution >= 0.6 is 0 Å². The molecule has 36 heavy (non-hydrogen) atoms. The van der Waals surface area contributed by atoms with Gasteiger partial charge >= 0.3 is 35.9 Å². The molecule has 14 nitrogen and oxygen atoms in total. The summed E-state index contributed by atoms with van der Waals surface area (Å²) in [7, 11) is 0. The molecule has 0 spiro atoms. The van der Waals surface area contributed by atoms with Crippen LogP contribution in [0.15, 0.2) is 24.3 Å². The summed E-state index contributed by atoms with van der Waals surface area (Å²) in [5.41, 5.74) is 1.42. The van der Waals surface area contributed by atoms with Crippen LogP contribution in [0.1, 0.15) is 43.2 Å². The van der Waals surface area contributed by atoms with Gasteiger partial charge in [-0.15, -0.1) is 0 Å². The van der Waals surface area contributed by atoms with Crippen LogP contribution in [0.5, 0.6) is 0 Å². The molecule has 1 aromatic carbocycles. The predicted octanol–water partition coefficient (Wildman–Crippen LogP) is 0.354. The van der Waals surface area contributed by atoms with Gasteiger partial charge in [0, 0.05) is 19.5 Å². The number of urea groups is 2. The van der Waals surface area contributed by atoms with Crippen LogP contribution in [0.3, 0.4) is 0 Å². The molecule has 0 saturated carbocycles. The van der Waals surface area contributed by atoms with Crippen molar-refractivity contribution >= 4 is 35.9 Å². The highest BCUT2D eigenvalue weighted by Crippen LogP contribution is 2.06. The Bertz CT molecular complexity index is 935. The Hall–Kier alpha value is -4.36. The summed E-state index contributed by atoms with van der Waals surface area (Å²) < 4.78 is 0. The van der Waals surface area contributed by atoms with Crippen molar-refractivity contribution < 1.29 is 49.2 Å². The average Bonchev–Trinajstić information content (AvgIpc) is 2.79. The van der Waals surface area contributed by atoms with Gasteiger partial charge in [-0.3, -0.25) is 9.59 Å². The molecule has 0 aromatic heterocycles. The van der Waals surface area contributed by atoms with Crippen molar-refractivity contribution in [1.29, 1.82) is 0 Å². The summed E-state index contributed by atoms with van der Waals surface area (Å²) in [5.74, 6) is -4.95. The lowest BCUT2D eigenvalue weighted by Crippen LogP contribution is -2.51. The Morgan fingerprint density at radius 2 is 1.22 bits per heavy atom. The van der Waals surface area contributed by atoms with Gasteiger partial charge in [-0.25, -0.2) is 19.2 Å². The van der Waals surface area contributed by atoms with Gasteiger partial charge in [0.1, 0.15) is 12.1 Å². The third kappa shape index (κ3) is 12.8. The fraction of sp³-hybridized carbons (Fsp3) is 0.455. The second kappa shape index (κ2) is 15.5. The van der Waals surface area contributed by atoms with Gasteiger partial charge in [0.05, 0.1) is 6.42 Å². The molecule has 0 heterocycles. The first-order valence-corrected chi connectivity index (χ1v) is 11.0. The van der Waals surface area contributed by atoms with Crippen LogP contribution in [-0.2, 0) is 32.1 Å². The number of nitrogens with one attached hydrogen (secondary N) is 4. The molecule has 0 fully saturated rings. The van der Waals surface area contributed by atoms with Crippen molar-refractivity contribution in [2.24, 2.45) is 0 Å². The quantitative estimate of drug-likeness (QED) is 0.142. The topological polar surface area (TPSA) is 231 Å². The van der Waals surface area contributed by atoms with Gasteiger partial charge < -0.3 is 41.7 Å². The number of hydrogen-bond acceptors (Lipinski definition) is 6.